The Kier molecular flexibility index (Phi) is 6.73. The molecule has 1 aliphatic heterocycles. The van der Waals surface area contributed by atoms with Gasteiger partial charge in [-0.25, -0.2) is 0 Å². The number of rotatable bonds is 6. The lowest BCUT2D eigenvalue weighted by Gasteiger charge is -2.40. The van der Waals surface area contributed by atoms with E-state index in [0.717, 1.165) is 38.5 Å². The SMILES string of the molecule is COC(=O)C[C@@H]1C[C@@H](CCNC(=O)C2CC[C@H]3CC(N)CC[C@@H]3C2)NC1=O. The monoisotopic (exact) mass is 379 g/mol. The second-order valence-electron chi connectivity index (χ2n) is 8.60. The zero-order chi connectivity index (χ0) is 19.4. The second-order valence-corrected chi connectivity index (χ2v) is 8.60. The Morgan fingerprint density at radius 3 is 2.67 bits per heavy atom. The first-order valence-corrected chi connectivity index (χ1v) is 10.4. The Balaban J connectivity index is 1.36. The number of hydrogen-bond acceptors (Lipinski definition) is 5. The molecule has 6 atom stereocenters. The van der Waals surface area contributed by atoms with Crippen LogP contribution in [-0.2, 0) is 19.1 Å². The first-order chi connectivity index (χ1) is 13.0. The number of carbonyl (C=O) groups is 3. The number of esters is 1. The molecule has 3 fully saturated rings. The van der Waals surface area contributed by atoms with Crippen LogP contribution < -0.4 is 16.4 Å². The molecule has 152 valence electrons. The molecule has 1 saturated heterocycles. The maximum Gasteiger partial charge on any atom is 0.306 e. The van der Waals surface area contributed by atoms with Gasteiger partial charge in [0.1, 0.15) is 0 Å². The summed E-state index contributed by atoms with van der Waals surface area (Å²) in [6, 6.07) is 0.365. The minimum Gasteiger partial charge on any atom is -0.469 e. The van der Waals surface area contributed by atoms with Crippen LogP contribution >= 0.6 is 0 Å². The van der Waals surface area contributed by atoms with Crippen molar-refractivity contribution in [3.63, 3.8) is 0 Å². The number of ether oxygens (including phenoxy) is 1. The molecular weight excluding hydrogens is 346 g/mol. The lowest BCUT2D eigenvalue weighted by molar-refractivity contribution is -0.143. The average Bonchev–Trinajstić information content (AvgIpc) is 3.00. The van der Waals surface area contributed by atoms with Crippen LogP contribution in [0.25, 0.3) is 0 Å². The highest BCUT2D eigenvalue weighted by Gasteiger charge is 2.37. The second kappa shape index (κ2) is 9.04. The number of hydrogen-bond donors (Lipinski definition) is 3. The summed E-state index contributed by atoms with van der Waals surface area (Å²) in [5.41, 5.74) is 6.08. The molecule has 7 heteroatoms. The summed E-state index contributed by atoms with van der Waals surface area (Å²) < 4.78 is 4.64. The number of methoxy groups -OCH3 is 1. The Labute approximate surface area is 161 Å². The topological polar surface area (TPSA) is 111 Å². The van der Waals surface area contributed by atoms with Crippen molar-refractivity contribution in [2.45, 2.75) is 69.9 Å². The molecule has 27 heavy (non-hydrogen) atoms. The number of nitrogens with one attached hydrogen (secondary N) is 2. The highest BCUT2D eigenvalue weighted by molar-refractivity contribution is 5.85. The van der Waals surface area contributed by atoms with E-state index >= 15 is 0 Å². The van der Waals surface area contributed by atoms with E-state index in [2.05, 4.69) is 15.4 Å². The maximum absolute atomic E-state index is 12.5. The van der Waals surface area contributed by atoms with Gasteiger partial charge in [0.15, 0.2) is 0 Å². The molecule has 0 radical (unpaired) electrons. The van der Waals surface area contributed by atoms with Crippen LogP contribution in [0, 0.1) is 23.7 Å². The molecule has 0 bridgehead atoms. The van der Waals surface area contributed by atoms with Crippen molar-refractivity contribution in [3.8, 4) is 0 Å². The van der Waals surface area contributed by atoms with Gasteiger partial charge in [-0.2, -0.15) is 0 Å². The fourth-order valence-corrected chi connectivity index (χ4v) is 5.16. The number of carbonyl (C=O) groups excluding carboxylic acids is 3. The van der Waals surface area contributed by atoms with Crippen LogP contribution in [0.5, 0.6) is 0 Å². The van der Waals surface area contributed by atoms with Gasteiger partial charge in [0.25, 0.3) is 0 Å². The minimum atomic E-state index is -0.358. The highest BCUT2D eigenvalue weighted by atomic mass is 16.5. The van der Waals surface area contributed by atoms with E-state index in [4.69, 9.17) is 5.73 Å². The Morgan fingerprint density at radius 1 is 1.15 bits per heavy atom. The van der Waals surface area contributed by atoms with Gasteiger partial charge in [0, 0.05) is 24.5 Å². The largest absolute Gasteiger partial charge is 0.469 e. The molecule has 0 aromatic rings. The van der Waals surface area contributed by atoms with Crippen molar-refractivity contribution in [2.75, 3.05) is 13.7 Å². The zero-order valence-electron chi connectivity index (χ0n) is 16.2. The van der Waals surface area contributed by atoms with Gasteiger partial charge in [-0.05, 0) is 63.2 Å². The summed E-state index contributed by atoms with van der Waals surface area (Å²) >= 11 is 0. The van der Waals surface area contributed by atoms with Crippen molar-refractivity contribution < 1.29 is 19.1 Å². The molecule has 7 nitrogen and oxygen atoms in total. The highest BCUT2D eigenvalue weighted by Crippen LogP contribution is 2.42. The number of fused-ring (bicyclic) bond motifs is 1. The van der Waals surface area contributed by atoms with E-state index in [1.54, 1.807) is 0 Å². The smallest absolute Gasteiger partial charge is 0.306 e. The average molecular weight is 380 g/mol. The third-order valence-corrected chi connectivity index (χ3v) is 6.74. The van der Waals surface area contributed by atoms with Crippen LogP contribution in [0.1, 0.15) is 57.8 Å². The lowest BCUT2D eigenvalue weighted by Crippen LogP contribution is -2.41. The van der Waals surface area contributed by atoms with Gasteiger partial charge in [-0.1, -0.05) is 0 Å². The minimum absolute atomic E-state index is 0.0167. The van der Waals surface area contributed by atoms with Gasteiger partial charge in [-0.15, -0.1) is 0 Å². The predicted molar refractivity (Wildman–Crippen MR) is 100 cm³/mol. The Hall–Kier alpha value is -1.63. The van der Waals surface area contributed by atoms with E-state index in [1.807, 2.05) is 0 Å². The van der Waals surface area contributed by atoms with E-state index < -0.39 is 0 Å². The summed E-state index contributed by atoms with van der Waals surface area (Å²) in [5, 5.41) is 5.98. The molecule has 2 aliphatic carbocycles. The summed E-state index contributed by atoms with van der Waals surface area (Å²) in [4.78, 5) is 35.8. The fraction of sp³-hybridized carbons (Fsp3) is 0.850. The third kappa shape index (κ3) is 5.21. The maximum atomic E-state index is 12.5. The van der Waals surface area contributed by atoms with Crippen LogP contribution in [-0.4, -0.2) is 43.5 Å². The van der Waals surface area contributed by atoms with Gasteiger partial charge in [0.2, 0.25) is 11.8 Å². The molecule has 2 unspecified atom stereocenters. The molecule has 1 heterocycles. The van der Waals surface area contributed by atoms with E-state index in [0.29, 0.717) is 37.3 Å². The van der Waals surface area contributed by atoms with Gasteiger partial charge in [-0.3, -0.25) is 14.4 Å². The van der Waals surface area contributed by atoms with Crippen molar-refractivity contribution in [3.05, 3.63) is 0 Å². The normalized spacial score (nSPS) is 35.9. The van der Waals surface area contributed by atoms with Crippen molar-refractivity contribution in [1.29, 1.82) is 0 Å². The summed E-state index contributed by atoms with van der Waals surface area (Å²) in [5.74, 6) is 0.866. The third-order valence-electron chi connectivity index (χ3n) is 6.74. The zero-order valence-corrected chi connectivity index (χ0v) is 16.2. The van der Waals surface area contributed by atoms with Gasteiger partial charge >= 0.3 is 5.97 Å². The summed E-state index contributed by atoms with van der Waals surface area (Å²) in [6.07, 6.45) is 7.87. The standard InChI is InChI=1S/C20H33N3O4/c1-27-18(24)11-15-10-17(23-20(15)26)6-7-22-19(25)14-3-2-13-9-16(21)5-4-12(13)8-14/h12-17H,2-11,21H2,1H3,(H,22,25)(H,23,26)/t12-,13+,14?,15+,16?,17-/m1/s1. The molecule has 0 spiro atoms. The first-order valence-electron chi connectivity index (χ1n) is 10.4. The van der Waals surface area contributed by atoms with Gasteiger partial charge < -0.3 is 21.1 Å². The van der Waals surface area contributed by atoms with E-state index in [1.165, 1.54) is 7.11 Å². The molecule has 0 aromatic carbocycles. The molecule has 0 aromatic heterocycles. The van der Waals surface area contributed by atoms with Crippen LogP contribution in [0.2, 0.25) is 0 Å². The summed E-state index contributed by atoms with van der Waals surface area (Å²) in [7, 11) is 1.33. The quantitative estimate of drug-likeness (QED) is 0.599. The molecule has 3 rings (SSSR count). The molecule has 2 amide bonds. The van der Waals surface area contributed by atoms with E-state index in [9.17, 15) is 14.4 Å². The van der Waals surface area contributed by atoms with Crippen molar-refractivity contribution >= 4 is 17.8 Å². The Morgan fingerprint density at radius 2 is 1.89 bits per heavy atom. The molecule has 4 N–H and O–H groups in total. The van der Waals surface area contributed by atoms with Crippen molar-refractivity contribution in [1.82, 2.24) is 10.6 Å². The van der Waals surface area contributed by atoms with E-state index in [-0.39, 0.29) is 42.1 Å². The van der Waals surface area contributed by atoms with Gasteiger partial charge in [0.05, 0.1) is 19.4 Å². The number of nitrogens with two attached hydrogens (primary N) is 1. The Bertz CT molecular complexity index is 567. The predicted octanol–water partition coefficient (Wildman–Crippen LogP) is 1.10. The molecular formula is C20H33N3O4. The first kappa shape index (κ1) is 20.1. The van der Waals surface area contributed by atoms with Crippen LogP contribution in [0.4, 0.5) is 0 Å². The van der Waals surface area contributed by atoms with Crippen LogP contribution in [0.15, 0.2) is 0 Å². The fourth-order valence-electron chi connectivity index (χ4n) is 5.16. The number of amides is 2. The summed E-state index contributed by atoms with van der Waals surface area (Å²) in [6.45, 7) is 0.560. The van der Waals surface area contributed by atoms with Crippen LogP contribution in [0.3, 0.4) is 0 Å². The molecule has 3 aliphatic rings. The van der Waals surface area contributed by atoms with Crippen molar-refractivity contribution in [2.24, 2.45) is 29.4 Å². The molecule has 2 saturated carbocycles. The lowest BCUT2D eigenvalue weighted by atomic mass is 9.66.